The first-order valence-corrected chi connectivity index (χ1v) is 6.31. The van der Waals surface area contributed by atoms with E-state index in [1.165, 1.54) is 13.2 Å². The maximum Gasteiger partial charge on any atom is 0.333 e. The maximum absolute atomic E-state index is 11.2. The van der Waals surface area contributed by atoms with E-state index in [1.807, 2.05) is 0 Å². The van der Waals surface area contributed by atoms with Crippen molar-refractivity contribution in [3.63, 3.8) is 0 Å². The number of anilines is 1. The summed E-state index contributed by atoms with van der Waals surface area (Å²) >= 11 is 0. The van der Waals surface area contributed by atoms with Crippen LogP contribution in [0.3, 0.4) is 0 Å². The molecule has 110 valence electrons. The van der Waals surface area contributed by atoms with Gasteiger partial charge in [0.15, 0.2) is 5.75 Å². The number of carbonyl (C=O) groups is 1. The number of carbonyl (C=O) groups excluding carboxylic acids is 1. The number of nitrogens with one attached hydrogen (secondary N) is 1. The molecule has 20 heavy (non-hydrogen) atoms. The number of ether oxygens (including phenoxy) is 2. The SMILES string of the molecule is CCOC(=O)CCCNc1cccc(OC)c1[N+](=O)[O-]. The second-order valence-electron chi connectivity index (χ2n) is 3.95. The third kappa shape index (κ3) is 4.42. The van der Waals surface area contributed by atoms with Crippen LogP contribution in [-0.4, -0.2) is 31.2 Å². The molecular formula is C13H18N2O5. The normalized spacial score (nSPS) is 9.90. The lowest BCUT2D eigenvalue weighted by Crippen LogP contribution is -2.09. The topological polar surface area (TPSA) is 90.7 Å². The summed E-state index contributed by atoms with van der Waals surface area (Å²) < 4.78 is 9.77. The fraction of sp³-hybridized carbons (Fsp3) is 0.462. The van der Waals surface area contributed by atoms with E-state index in [2.05, 4.69) is 5.32 Å². The Hall–Kier alpha value is -2.31. The Balaban J connectivity index is 2.60. The van der Waals surface area contributed by atoms with Gasteiger partial charge >= 0.3 is 11.7 Å². The van der Waals surface area contributed by atoms with Crippen molar-refractivity contribution in [3.8, 4) is 5.75 Å². The Morgan fingerprint density at radius 1 is 1.45 bits per heavy atom. The van der Waals surface area contributed by atoms with Gasteiger partial charge in [0.25, 0.3) is 0 Å². The Bertz CT molecular complexity index is 476. The molecule has 0 fully saturated rings. The summed E-state index contributed by atoms with van der Waals surface area (Å²) in [6.07, 6.45) is 0.811. The van der Waals surface area contributed by atoms with Crippen molar-refractivity contribution in [2.24, 2.45) is 0 Å². The van der Waals surface area contributed by atoms with Crippen LogP contribution in [0, 0.1) is 10.1 Å². The molecule has 0 radical (unpaired) electrons. The summed E-state index contributed by atoms with van der Waals surface area (Å²) in [5.41, 5.74) is 0.268. The first-order valence-electron chi connectivity index (χ1n) is 6.31. The molecule has 0 heterocycles. The van der Waals surface area contributed by atoms with Crippen LogP contribution in [0.25, 0.3) is 0 Å². The van der Waals surface area contributed by atoms with E-state index in [4.69, 9.17) is 9.47 Å². The average molecular weight is 282 g/mol. The highest BCUT2D eigenvalue weighted by molar-refractivity contribution is 5.70. The van der Waals surface area contributed by atoms with Gasteiger partial charge in [-0.1, -0.05) is 6.07 Å². The molecular weight excluding hydrogens is 264 g/mol. The minimum absolute atomic E-state index is 0.105. The van der Waals surface area contributed by atoms with Crippen LogP contribution in [-0.2, 0) is 9.53 Å². The number of nitrogens with zero attached hydrogens (tertiary/aromatic N) is 1. The summed E-state index contributed by atoms with van der Waals surface area (Å²) in [4.78, 5) is 21.7. The molecule has 1 rings (SSSR count). The van der Waals surface area contributed by atoms with Crippen LogP contribution in [0.1, 0.15) is 19.8 Å². The molecule has 1 N–H and O–H groups in total. The number of nitro benzene ring substituents is 1. The number of hydrogen-bond donors (Lipinski definition) is 1. The van der Waals surface area contributed by atoms with Gasteiger partial charge in [-0.25, -0.2) is 0 Å². The van der Waals surface area contributed by atoms with Gasteiger partial charge in [0.05, 0.1) is 18.6 Å². The van der Waals surface area contributed by atoms with Crippen LogP contribution in [0.15, 0.2) is 18.2 Å². The van der Waals surface area contributed by atoms with Gasteiger partial charge < -0.3 is 14.8 Å². The largest absolute Gasteiger partial charge is 0.490 e. The standard InChI is InChI=1S/C13H18N2O5/c1-3-20-12(16)8-5-9-14-10-6-4-7-11(19-2)13(10)15(17)18/h4,6-7,14H,3,5,8-9H2,1-2H3. The van der Waals surface area contributed by atoms with Crippen molar-refractivity contribution < 1.29 is 19.2 Å². The second kappa shape index (κ2) is 7.98. The number of rotatable bonds is 8. The lowest BCUT2D eigenvalue weighted by molar-refractivity contribution is -0.384. The van der Waals surface area contributed by atoms with Crippen molar-refractivity contribution in [3.05, 3.63) is 28.3 Å². The Morgan fingerprint density at radius 3 is 2.80 bits per heavy atom. The Morgan fingerprint density at radius 2 is 2.20 bits per heavy atom. The average Bonchev–Trinajstić information content (AvgIpc) is 2.43. The van der Waals surface area contributed by atoms with Crippen LogP contribution >= 0.6 is 0 Å². The number of nitro groups is 1. The van der Waals surface area contributed by atoms with Crippen molar-refractivity contribution >= 4 is 17.3 Å². The molecule has 0 aromatic heterocycles. The molecule has 0 aliphatic rings. The van der Waals surface area contributed by atoms with E-state index in [0.29, 0.717) is 25.3 Å². The summed E-state index contributed by atoms with van der Waals surface area (Å²) in [5, 5.41) is 14.0. The smallest absolute Gasteiger partial charge is 0.333 e. The summed E-state index contributed by atoms with van der Waals surface area (Å²) in [7, 11) is 1.38. The molecule has 0 unspecified atom stereocenters. The summed E-state index contributed by atoms with van der Waals surface area (Å²) in [6, 6.07) is 4.80. The van der Waals surface area contributed by atoms with E-state index in [-0.39, 0.29) is 23.8 Å². The zero-order chi connectivity index (χ0) is 15.0. The fourth-order valence-electron chi connectivity index (χ4n) is 1.71. The van der Waals surface area contributed by atoms with E-state index in [0.717, 1.165) is 0 Å². The third-order valence-electron chi connectivity index (χ3n) is 2.58. The van der Waals surface area contributed by atoms with Gasteiger partial charge in [-0.15, -0.1) is 0 Å². The Labute approximate surface area is 117 Å². The van der Waals surface area contributed by atoms with Crippen molar-refractivity contribution in [1.29, 1.82) is 0 Å². The van der Waals surface area contributed by atoms with Gasteiger partial charge in [-0.05, 0) is 25.5 Å². The molecule has 0 aliphatic carbocycles. The molecule has 0 atom stereocenters. The molecule has 0 spiro atoms. The van der Waals surface area contributed by atoms with E-state index in [9.17, 15) is 14.9 Å². The predicted molar refractivity (Wildman–Crippen MR) is 74.0 cm³/mol. The first-order chi connectivity index (χ1) is 9.60. The molecule has 0 saturated heterocycles. The first kappa shape index (κ1) is 15.7. The highest BCUT2D eigenvalue weighted by Gasteiger charge is 2.19. The molecule has 0 bridgehead atoms. The van der Waals surface area contributed by atoms with Crippen LogP contribution < -0.4 is 10.1 Å². The Kier molecular flexibility index (Phi) is 6.28. The number of para-hydroxylation sites is 1. The summed E-state index contributed by atoms with van der Waals surface area (Å²) in [6.45, 7) is 2.54. The van der Waals surface area contributed by atoms with Crippen molar-refractivity contribution in [1.82, 2.24) is 0 Å². The fourth-order valence-corrected chi connectivity index (χ4v) is 1.71. The maximum atomic E-state index is 11.2. The lowest BCUT2D eigenvalue weighted by Gasteiger charge is -2.09. The van der Waals surface area contributed by atoms with E-state index in [1.54, 1.807) is 19.1 Å². The van der Waals surface area contributed by atoms with Gasteiger partial charge in [-0.3, -0.25) is 14.9 Å². The number of benzene rings is 1. The molecule has 0 aliphatic heterocycles. The van der Waals surface area contributed by atoms with Gasteiger partial charge in [0.1, 0.15) is 5.69 Å². The number of esters is 1. The predicted octanol–water partition coefficient (Wildman–Crippen LogP) is 2.36. The molecule has 1 aromatic carbocycles. The van der Waals surface area contributed by atoms with Gasteiger partial charge in [-0.2, -0.15) is 0 Å². The van der Waals surface area contributed by atoms with Crippen molar-refractivity contribution in [2.75, 3.05) is 25.6 Å². The zero-order valence-corrected chi connectivity index (χ0v) is 11.5. The second-order valence-corrected chi connectivity index (χ2v) is 3.95. The highest BCUT2D eigenvalue weighted by atomic mass is 16.6. The van der Waals surface area contributed by atoms with Gasteiger partial charge in [0, 0.05) is 13.0 Å². The molecule has 7 nitrogen and oxygen atoms in total. The number of methoxy groups -OCH3 is 1. The minimum atomic E-state index is -0.494. The molecule has 1 aromatic rings. The third-order valence-corrected chi connectivity index (χ3v) is 2.58. The van der Waals surface area contributed by atoms with Crippen LogP contribution in [0.2, 0.25) is 0 Å². The monoisotopic (exact) mass is 282 g/mol. The molecule has 0 amide bonds. The van der Waals surface area contributed by atoms with Crippen molar-refractivity contribution in [2.45, 2.75) is 19.8 Å². The lowest BCUT2D eigenvalue weighted by atomic mass is 10.2. The van der Waals surface area contributed by atoms with E-state index >= 15 is 0 Å². The van der Waals surface area contributed by atoms with Crippen LogP contribution in [0.5, 0.6) is 5.75 Å². The number of hydrogen-bond acceptors (Lipinski definition) is 6. The summed E-state index contributed by atoms with van der Waals surface area (Å²) in [5.74, 6) is -0.0696. The zero-order valence-electron chi connectivity index (χ0n) is 11.5. The minimum Gasteiger partial charge on any atom is -0.490 e. The van der Waals surface area contributed by atoms with E-state index < -0.39 is 4.92 Å². The molecule has 0 saturated carbocycles. The van der Waals surface area contributed by atoms with Gasteiger partial charge in [0.2, 0.25) is 0 Å². The quantitative estimate of drug-likeness (QED) is 0.340. The molecule has 7 heteroatoms. The van der Waals surface area contributed by atoms with Crippen LogP contribution in [0.4, 0.5) is 11.4 Å². The highest BCUT2D eigenvalue weighted by Crippen LogP contribution is 2.34.